The molecule has 2 aromatic rings. The first-order valence-corrected chi connectivity index (χ1v) is 14.1. The van der Waals surface area contributed by atoms with Gasteiger partial charge in [0.2, 0.25) is 0 Å². The normalized spacial score (nSPS) is 18.9. The second-order valence-electron chi connectivity index (χ2n) is 11.2. The van der Waals surface area contributed by atoms with Crippen molar-refractivity contribution in [1.29, 1.82) is 0 Å². The summed E-state index contributed by atoms with van der Waals surface area (Å²) in [4.78, 5) is 33.7. The van der Waals surface area contributed by atoms with Gasteiger partial charge in [0.05, 0.1) is 11.1 Å². The summed E-state index contributed by atoms with van der Waals surface area (Å²) in [6, 6.07) is 5.24. The molecule has 0 aliphatic carbocycles. The number of hydrogen-bond donors (Lipinski definition) is 0. The van der Waals surface area contributed by atoms with E-state index in [9.17, 15) is 40.3 Å². The maximum atomic E-state index is 14.0. The third-order valence-corrected chi connectivity index (χ3v) is 8.02. The van der Waals surface area contributed by atoms with Gasteiger partial charge in [0.1, 0.15) is 5.82 Å². The molecule has 0 spiro atoms. The number of carbonyl (C=O) groups excluding carboxylic acids is 2. The number of carbonyl (C=O) groups is 2. The van der Waals surface area contributed by atoms with Crippen molar-refractivity contribution < 1.29 is 45.2 Å². The zero-order valence-corrected chi connectivity index (χ0v) is 23.9. The standard InChI is InChI=1S/C30H34F7N3O3/c1-19-14-25(31)5-6-27(19)22-4-3-10-38(18-22)28(42)40(26-8-11-39(12-9-26)43-20(2)41)13-7-21-15-23(29(32,33)34)17-24(16-21)30(35,36)37/h5-6,14-17,22,26H,3-4,7-13,18H2,1-2H3. The summed E-state index contributed by atoms with van der Waals surface area (Å²) < 4.78 is 94.4. The van der Waals surface area contributed by atoms with Crippen molar-refractivity contribution in [1.82, 2.24) is 14.9 Å². The zero-order chi connectivity index (χ0) is 31.5. The van der Waals surface area contributed by atoms with Crippen LogP contribution in [0.4, 0.5) is 35.5 Å². The van der Waals surface area contributed by atoms with Crippen LogP contribution in [0.5, 0.6) is 0 Å². The van der Waals surface area contributed by atoms with Crippen LogP contribution in [-0.4, -0.2) is 65.6 Å². The number of piperidine rings is 2. The van der Waals surface area contributed by atoms with Crippen molar-refractivity contribution in [3.8, 4) is 0 Å². The van der Waals surface area contributed by atoms with Crippen LogP contribution in [0.3, 0.4) is 0 Å². The van der Waals surface area contributed by atoms with Crippen molar-refractivity contribution in [3.05, 3.63) is 70.0 Å². The second-order valence-corrected chi connectivity index (χ2v) is 11.2. The lowest BCUT2D eigenvalue weighted by Gasteiger charge is -2.42. The maximum Gasteiger partial charge on any atom is 0.416 e. The van der Waals surface area contributed by atoms with Gasteiger partial charge in [-0.25, -0.2) is 9.18 Å². The summed E-state index contributed by atoms with van der Waals surface area (Å²) in [6.07, 6.45) is -7.94. The van der Waals surface area contributed by atoms with E-state index in [2.05, 4.69) is 0 Å². The molecule has 1 unspecified atom stereocenters. The van der Waals surface area contributed by atoms with Gasteiger partial charge in [0.25, 0.3) is 0 Å². The number of benzene rings is 2. The van der Waals surface area contributed by atoms with Crippen LogP contribution in [-0.2, 0) is 28.4 Å². The molecule has 2 heterocycles. The molecule has 236 valence electrons. The van der Waals surface area contributed by atoms with Crippen LogP contribution in [0.25, 0.3) is 0 Å². The van der Waals surface area contributed by atoms with Crippen molar-refractivity contribution in [2.45, 2.75) is 70.3 Å². The predicted molar refractivity (Wildman–Crippen MR) is 143 cm³/mol. The summed E-state index contributed by atoms with van der Waals surface area (Å²) >= 11 is 0. The number of nitrogens with zero attached hydrogens (tertiary/aromatic N) is 3. The first-order valence-electron chi connectivity index (χ1n) is 14.1. The smallest absolute Gasteiger partial charge is 0.368 e. The van der Waals surface area contributed by atoms with Gasteiger partial charge in [-0.2, -0.15) is 26.3 Å². The highest BCUT2D eigenvalue weighted by Gasteiger charge is 2.38. The van der Waals surface area contributed by atoms with E-state index in [-0.39, 0.29) is 48.4 Å². The van der Waals surface area contributed by atoms with Crippen LogP contribution >= 0.6 is 0 Å². The fraction of sp³-hybridized carbons (Fsp3) is 0.533. The Balaban J connectivity index is 1.57. The molecule has 0 bridgehead atoms. The molecule has 2 aliphatic heterocycles. The highest BCUT2D eigenvalue weighted by atomic mass is 19.4. The predicted octanol–water partition coefficient (Wildman–Crippen LogP) is 6.96. The van der Waals surface area contributed by atoms with E-state index in [0.717, 1.165) is 17.5 Å². The van der Waals surface area contributed by atoms with Gasteiger partial charge in [-0.3, -0.25) is 4.79 Å². The fourth-order valence-corrected chi connectivity index (χ4v) is 5.96. The molecular weight excluding hydrogens is 583 g/mol. The summed E-state index contributed by atoms with van der Waals surface area (Å²) in [5, 5.41) is 1.47. The Hall–Kier alpha value is -3.35. The number of hydroxylamine groups is 2. The van der Waals surface area contributed by atoms with Crippen molar-refractivity contribution in [2.24, 2.45) is 0 Å². The Bertz CT molecular complexity index is 1270. The average molecular weight is 618 g/mol. The summed E-state index contributed by atoms with van der Waals surface area (Å²) in [5.41, 5.74) is -1.31. The summed E-state index contributed by atoms with van der Waals surface area (Å²) in [6.45, 7) is 4.36. The molecule has 6 nitrogen and oxygen atoms in total. The molecule has 0 aromatic heterocycles. The highest BCUT2D eigenvalue weighted by Crippen LogP contribution is 2.37. The minimum absolute atomic E-state index is 0.0521. The Labute approximate surface area is 245 Å². The molecule has 2 aromatic carbocycles. The number of likely N-dealkylation sites (tertiary alicyclic amines) is 1. The molecular formula is C30H34F7N3O3. The lowest BCUT2D eigenvalue weighted by molar-refractivity contribution is -0.194. The minimum Gasteiger partial charge on any atom is -0.368 e. The van der Waals surface area contributed by atoms with Crippen LogP contribution in [0, 0.1) is 12.7 Å². The third-order valence-electron chi connectivity index (χ3n) is 8.02. The van der Waals surface area contributed by atoms with Crippen molar-refractivity contribution >= 4 is 12.0 Å². The fourth-order valence-electron chi connectivity index (χ4n) is 5.96. The molecule has 13 heteroatoms. The van der Waals surface area contributed by atoms with Gasteiger partial charge < -0.3 is 14.6 Å². The number of hydrogen-bond acceptors (Lipinski definition) is 4. The van der Waals surface area contributed by atoms with Crippen molar-refractivity contribution in [3.63, 3.8) is 0 Å². The van der Waals surface area contributed by atoms with E-state index in [0.29, 0.717) is 57.6 Å². The number of halogens is 7. The first-order chi connectivity index (χ1) is 20.1. The van der Waals surface area contributed by atoms with E-state index in [4.69, 9.17) is 4.84 Å². The minimum atomic E-state index is -4.98. The molecule has 4 rings (SSSR count). The van der Waals surface area contributed by atoms with Crippen LogP contribution in [0.15, 0.2) is 36.4 Å². The van der Waals surface area contributed by atoms with Gasteiger partial charge in [0, 0.05) is 51.6 Å². The van der Waals surface area contributed by atoms with E-state index >= 15 is 0 Å². The number of aryl methyl sites for hydroxylation is 1. The van der Waals surface area contributed by atoms with Gasteiger partial charge in [-0.1, -0.05) is 6.07 Å². The second kappa shape index (κ2) is 13.1. The maximum absolute atomic E-state index is 14.0. The Morgan fingerprint density at radius 2 is 1.56 bits per heavy atom. The molecule has 2 aliphatic rings. The van der Waals surface area contributed by atoms with E-state index in [1.807, 2.05) is 0 Å². The largest absolute Gasteiger partial charge is 0.416 e. The SMILES string of the molecule is CC(=O)ON1CCC(N(CCc2cc(C(F)(F)F)cc(C(F)(F)F)c2)C(=O)N2CCCC(c3ccc(F)cc3C)C2)CC1. The van der Waals surface area contributed by atoms with Gasteiger partial charge >= 0.3 is 24.4 Å². The van der Waals surface area contributed by atoms with Crippen LogP contribution in [0.2, 0.25) is 0 Å². The zero-order valence-electron chi connectivity index (χ0n) is 23.9. The van der Waals surface area contributed by atoms with Crippen molar-refractivity contribution in [2.75, 3.05) is 32.7 Å². The molecule has 2 fully saturated rings. The monoisotopic (exact) mass is 617 g/mol. The number of amides is 2. The Kier molecular flexibility index (Phi) is 9.93. The number of rotatable bonds is 6. The van der Waals surface area contributed by atoms with Gasteiger partial charge in [0.15, 0.2) is 0 Å². The molecule has 0 radical (unpaired) electrons. The van der Waals surface area contributed by atoms with Crippen LogP contribution < -0.4 is 0 Å². The first kappa shape index (κ1) is 32.6. The molecule has 0 saturated carbocycles. The van der Waals surface area contributed by atoms with Crippen LogP contribution in [0.1, 0.15) is 66.3 Å². The molecule has 0 N–H and O–H groups in total. The lowest BCUT2D eigenvalue weighted by atomic mass is 9.88. The molecule has 1 atom stereocenters. The lowest BCUT2D eigenvalue weighted by Crippen LogP contribution is -2.54. The quantitative estimate of drug-likeness (QED) is 0.329. The van der Waals surface area contributed by atoms with E-state index in [1.54, 1.807) is 17.9 Å². The third kappa shape index (κ3) is 8.39. The van der Waals surface area contributed by atoms with Gasteiger partial charge in [-0.05, 0) is 86.1 Å². The molecule has 2 saturated heterocycles. The summed E-state index contributed by atoms with van der Waals surface area (Å²) in [7, 11) is 0. The average Bonchev–Trinajstić information content (AvgIpc) is 2.92. The number of urea groups is 1. The van der Waals surface area contributed by atoms with E-state index in [1.165, 1.54) is 29.0 Å². The Morgan fingerprint density at radius 3 is 2.12 bits per heavy atom. The topological polar surface area (TPSA) is 53.1 Å². The number of alkyl halides is 6. The molecule has 43 heavy (non-hydrogen) atoms. The van der Waals surface area contributed by atoms with E-state index < -0.39 is 29.4 Å². The summed E-state index contributed by atoms with van der Waals surface area (Å²) in [5.74, 6) is -0.907. The van der Waals surface area contributed by atoms with Gasteiger partial charge in [-0.15, -0.1) is 5.06 Å². The highest BCUT2D eigenvalue weighted by molar-refractivity contribution is 5.75. The molecule has 2 amide bonds. The Morgan fingerprint density at radius 1 is 0.930 bits per heavy atom.